The molecule has 1 aromatic heterocycles. The van der Waals surface area contributed by atoms with Crippen molar-refractivity contribution in [2.24, 2.45) is 5.10 Å². The Balaban J connectivity index is 1.59. The molecule has 0 aliphatic heterocycles. The summed E-state index contributed by atoms with van der Waals surface area (Å²) < 4.78 is 1.91. The maximum Gasteiger partial charge on any atom is 0.0659 e. The third-order valence-corrected chi connectivity index (χ3v) is 3.30. The molecule has 1 heterocycles. The monoisotopic (exact) mass is 290 g/mol. The molecule has 22 heavy (non-hydrogen) atoms. The Kier molecular flexibility index (Phi) is 4.30. The van der Waals surface area contributed by atoms with Crippen molar-refractivity contribution in [1.29, 1.82) is 0 Å². The van der Waals surface area contributed by atoms with Crippen molar-refractivity contribution in [1.82, 2.24) is 9.78 Å². The van der Waals surface area contributed by atoms with Gasteiger partial charge in [-0.2, -0.15) is 10.2 Å². The van der Waals surface area contributed by atoms with E-state index in [9.17, 15) is 0 Å². The van der Waals surface area contributed by atoms with Crippen LogP contribution in [0.1, 0.15) is 16.7 Å². The number of hydrogen-bond donors (Lipinski definition) is 1. The predicted octanol–water partition coefficient (Wildman–Crippen LogP) is 3.69. The SMILES string of the molecule is Cc1ccc(N/N=C\c2cnn(Cc3ccccc3)c2)cc1. The third-order valence-electron chi connectivity index (χ3n) is 3.30. The lowest BCUT2D eigenvalue weighted by Crippen LogP contribution is -1.99. The van der Waals surface area contributed by atoms with Crippen molar-refractivity contribution in [2.75, 3.05) is 5.43 Å². The minimum absolute atomic E-state index is 0.764. The van der Waals surface area contributed by atoms with Crippen molar-refractivity contribution < 1.29 is 0 Å². The van der Waals surface area contributed by atoms with Gasteiger partial charge in [-0.1, -0.05) is 48.0 Å². The normalized spacial score (nSPS) is 11.0. The third kappa shape index (κ3) is 3.82. The van der Waals surface area contributed by atoms with Crippen molar-refractivity contribution >= 4 is 11.9 Å². The van der Waals surface area contributed by atoms with Gasteiger partial charge in [0, 0.05) is 11.8 Å². The van der Waals surface area contributed by atoms with E-state index in [1.807, 2.05) is 47.4 Å². The lowest BCUT2D eigenvalue weighted by atomic mass is 10.2. The molecule has 4 nitrogen and oxygen atoms in total. The number of rotatable bonds is 5. The van der Waals surface area contributed by atoms with Crippen molar-refractivity contribution in [3.05, 3.63) is 83.7 Å². The standard InChI is InChI=1S/C18H18N4/c1-15-7-9-18(10-8-15)21-19-11-17-12-20-22(14-17)13-16-5-3-2-4-6-16/h2-12,14,21H,13H2,1H3/b19-11-. The number of aryl methyl sites for hydroxylation is 1. The molecule has 0 spiro atoms. The number of aromatic nitrogens is 2. The minimum atomic E-state index is 0.764. The second-order valence-corrected chi connectivity index (χ2v) is 5.19. The van der Waals surface area contributed by atoms with E-state index in [2.05, 4.69) is 46.8 Å². The first-order valence-electron chi connectivity index (χ1n) is 7.22. The molecule has 1 N–H and O–H groups in total. The summed E-state index contributed by atoms with van der Waals surface area (Å²) in [5, 5.41) is 8.58. The van der Waals surface area contributed by atoms with Gasteiger partial charge in [-0.3, -0.25) is 10.1 Å². The summed E-state index contributed by atoms with van der Waals surface area (Å²) in [5.74, 6) is 0. The molecule has 0 fully saturated rings. The second kappa shape index (κ2) is 6.72. The fraction of sp³-hybridized carbons (Fsp3) is 0.111. The zero-order valence-electron chi connectivity index (χ0n) is 12.5. The molecule has 0 aliphatic carbocycles. The molecule has 2 aromatic carbocycles. The van der Waals surface area contributed by atoms with Gasteiger partial charge in [0.25, 0.3) is 0 Å². The first kappa shape index (κ1) is 14.1. The van der Waals surface area contributed by atoms with Gasteiger partial charge < -0.3 is 0 Å². The zero-order chi connectivity index (χ0) is 15.2. The van der Waals surface area contributed by atoms with Crippen LogP contribution >= 0.6 is 0 Å². The van der Waals surface area contributed by atoms with Gasteiger partial charge in [-0.25, -0.2) is 0 Å². The van der Waals surface area contributed by atoms with E-state index < -0.39 is 0 Å². The molecule has 0 saturated carbocycles. The lowest BCUT2D eigenvalue weighted by molar-refractivity contribution is 0.687. The van der Waals surface area contributed by atoms with Crippen LogP contribution in [0.4, 0.5) is 5.69 Å². The molecule has 3 aromatic rings. The molecule has 4 heteroatoms. The van der Waals surface area contributed by atoms with Gasteiger partial charge in [0.05, 0.1) is 24.6 Å². The van der Waals surface area contributed by atoms with Crippen LogP contribution < -0.4 is 5.43 Å². The first-order valence-corrected chi connectivity index (χ1v) is 7.22. The Labute approximate surface area is 130 Å². The molecular weight excluding hydrogens is 272 g/mol. The molecule has 110 valence electrons. The highest BCUT2D eigenvalue weighted by atomic mass is 15.3. The average Bonchev–Trinajstić information content (AvgIpc) is 2.98. The second-order valence-electron chi connectivity index (χ2n) is 5.19. The first-order chi connectivity index (χ1) is 10.8. The summed E-state index contributed by atoms with van der Waals surface area (Å²) in [5.41, 5.74) is 7.41. The number of benzene rings is 2. The number of nitrogens with zero attached hydrogens (tertiary/aromatic N) is 3. The molecule has 0 unspecified atom stereocenters. The van der Waals surface area contributed by atoms with E-state index in [1.54, 1.807) is 6.21 Å². The van der Waals surface area contributed by atoms with Crippen LogP contribution in [0.25, 0.3) is 0 Å². The van der Waals surface area contributed by atoms with Crippen LogP contribution in [0.15, 0.2) is 72.1 Å². The highest BCUT2D eigenvalue weighted by Gasteiger charge is 1.97. The minimum Gasteiger partial charge on any atom is -0.279 e. The van der Waals surface area contributed by atoms with Crippen LogP contribution in [0.5, 0.6) is 0 Å². The summed E-state index contributed by atoms with van der Waals surface area (Å²) in [6, 6.07) is 18.4. The van der Waals surface area contributed by atoms with E-state index in [0.29, 0.717) is 0 Å². The zero-order valence-corrected chi connectivity index (χ0v) is 12.5. The highest BCUT2D eigenvalue weighted by molar-refractivity contribution is 5.79. The molecule has 0 bridgehead atoms. The maximum atomic E-state index is 4.35. The molecular formula is C18H18N4. The van der Waals surface area contributed by atoms with E-state index >= 15 is 0 Å². The Bertz CT molecular complexity index is 742. The largest absolute Gasteiger partial charge is 0.279 e. The highest BCUT2D eigenvalue weighted by Crippen LogP contribution is 2.08. The van der Waals surface area contributed by atoms with Crippen LogP contribution in [0.3, 0.4) is 0 Å². The molecule has 0 saturated heterocycles. The fourth-order valence-electron chi connectivity index (χ4n) is 2.11. The van der Waals surface area contributed by atoms with Gasteiger partial charge in [0.1, 0.15) is 0 Å². The van der Waals surface area contributed by atoms with Crippen LogP contribution in [0.2, 0.25) is 0 Å². The molecule has 0 atom stereocenters. The maximum absolute atomic E-state index is 4.35. The summed E-state index contributed by atoms with van der Waals surface area (Å²) >= 11 is 0. The fourth-order valence-corrected chi connectivity index (χ4v) is 2.11. The summed E-state index contributed by atoms with van der Waals surface area (Å²) in [6.45, 7) is 2.83. The topological polar surface area (TPSA) is 42.2 Å². The number of hydrogen-bond acceptors (Lipinski definition) is 3. The van der Waals surface area contributed by atoms with Gasteiger partial charge in [-0.15, -0.1) is 0 Å². The number of anilines is 1. The summed E-state index contributed by atoms with van der Waals surface area (Å²) in [6.07, 6.45) is 5.56. The molecule has 0 radical (unpaired) electrons. The average molecular weight is 290 g/mol. The van der Waals surface area contributed by atoms with Crippen LogP contribution in [-0.4, -0.2) is 16.0 Å². The summed E-state index contributed by atoms with van der Waals surface area (Å²) in [4.78, 5) is 0. The Morgan fingerprint density at radius 2 is 1.86 bits per heavy atom. The lowest BCUT2D eigenvalue weighted by Gasteiger charge is -2.00. The Hall–Kier alpha value is -2.88. The molecule has 0 amide bonds. The number of hydrazone groups is 1. The van der Waals surface area contributed by atoms with Gasteiger partial charge >= 0.3 is 0 Å². The van der Waals surface area contributed by atoms with Crippen molar-refractivity contribution in [3.8, 4) is 0 Å². The quantitative estimate of drug-likeness (QED) is 0.575. The van der Waals surface area contributed by atoms with Gasteiger partial charge in [-0.05, 0) is 24.6 Å². The summed E-state index contributed by atoms with van der Waals surface area (Å²) in [7, 11) is 0. The van der Waals surface area contributed by atoms with Crippen molar-refractivity contribution in [2.45, 2.75) is 13.5 Å². The van der Waals surface area contributed by atoms with E-state index in [0.717, 1.165) is 17.8 Å². The van der Waals surface area contributed by atoms with Gasteiger partial charge in [0.2, 0.25) is 0 Å². The van der Waals surface area contributed by atoms with E-state index in [4.69, 9.17) is 0 Å². The Morgan fingerprint density at radius 1 is 1.09 bits per heavy atom. The smallest absolute Gasteiger partial charge is 0.0659 e. The van der Waals surface area contributed by atoms with E-state index in [-0.39, 0.29) is 0 Å². The van der Waals surface area contributed by atoms with Crippen LogP contribution in [0, 0.1) is 6.92 Å². The van der Waals surface area contributed by atoms with Gasteiger partial charge in [0.15, 0.2) is 0 Å². The number of nitrogens with one attached hydrogen (secondary N) is 1. The van der Waals surface area contributed by atoms with Crippen LogP contribution in [-0.2, 0) is 6.54 Å². The molecule has 3 rings (SSSR count). The van der Waals surface area contributed by atoms with E-state index in [1.165, 1.54) is 11.1 Å². The Morgan fingerprint density at radius 3 is 2.64 bits per heavy atom. The predicted molar refractivity (Wildman–Crippen MR) is 90.2 cm³/mol. The van der Waals surface area contributed by atoms with Crippen molar-refractivity contribution in [3.63, 3.8) is 0 Å². The molecule has 0 aliphatic rings.